The summed E-state index contributed by atoms with van der Waals surface area (Å²) in [5.41, 5.74) is 2.34. The minimum absolute atomic E-state index is 0.184. The van der Waals surface area contributed by atoms with Gasteiger partial charge in [-0.2, -0.15) is 0 Å². The molecule has 1 N–H and O–H groups in total. The number of nitrogens with one attached hydrogen (secondary N) is 1. The standard InChI is InChI=1S/C14H10Br2ClNO/c1-8-6-10(3-5-11(8)15)18-14(19)9-2-4-12(16)13(17)7-9/h2-7H,1H3,(H,18,19). The van der Waals surface area contributed by atoms with Crippen molar-refractivity contribution in [2.45, 2.75) is 6.92 Å². The maximum Gasteiger partial charge on any atom is 0.255 e. The number of carbonyl (C=O) groups excluding carboxylic acids is 1. The first-order valence-corrected chi connectivity index (χ1v) is 7.46. The molecule has 0 saturated carbocycles. The van der Waals surface area contributed by atoms with Crippen molar-refractivity contribution < 1.29 is 4.79 Å². The smallest absolute Gasteiger partial charge is 0.255 e. The molecule has 0 heterocycles. The van der Waals surface area contributed by atoms with E-state index >= 15 is 0 Å². The monoisotopic (exact) mass is 401 g/mol. The number of amides is 1. The van der Waals surface area contributed by atoms with Crippen LogP contribution in [0.15, 0.2) is 45.3 Å². The number of anilines is 1. The molecule has 0 fully saturated rings. The van der Waals surface area contributed by atoms with Gasteiger partial charge < -0.3 is 5.32 Å². The Balaban J connectivity index is 2.20. The molecule has 1 amide bonds. The van der Waals surface area contributed by atoms with Gasteiger partial charge in [-0.15, -0.1) is 0 Å². The Bertz CT molecular complexity index is 643. The van der Waals surface area contributed by atoms with Crippen LogP contribution in [0.4, 0.5) is 5.69 Å². The molecule has 2 aromatic carbocycles. The highest BCUT2D eigenvalue weighted by atomic mass is 79.9. The highest BCUT2D eigenvalue weighted by Gasteiger charge is 2.08. The fourth-order valence-electron chi connectivity index (χ4n) is 1.56. The highest BCUT2D eigenvalue weighted by Crippen LogP contribution is 2.24. The molecular weight excluding hydrogens is 393 g/mol. The number of aryl methyl sites for hydroxylation is 1. The van der Waals surface area contributed by atoms with Crippen molar-refractivity contribution in [3.8, 4) is 0 Å². The lowest BCUT2D eigenvalue weighted by Gasteiger charge is -2.08. The summed E-state index contributed by atoms with van der Waals surface area (Å²) in [6.07, 6.45) is 0. The molecule has 0 unspecified atom stereocenters. The van der Waals surface area contributed by atoms with Crippen molar-refractivity contribution in [1.29, 1.82) is 0 Å². The first-order chi connectivity index (χ1) is 8.97. The van der Waals surface area contributed by atoms with Gasteiger partial charge in [-0.1, -0.05) is 27.5 Å². The van der Waals surface area contributed by atoms with Gasteiger partial charge in [-0.05, 0) is 64.8 Å². The van der Waals surface area contributed by atoms with Crippen molar-refractivity contribution in [3.63, 3.8) is 0 Å². The largest absolute Gasteiger partial charge is 0.322 e. The third-order valence-corrected chi connectivity index (χ3v) is 4.72. The van der Waals surface area contributed by atoms with E-state index in [-0.39, 0.29) is 5.91 Å². The zero-order valence-electron chi connectivity index (χ0n) is 10.0. The Morgan fingerprint density at radius 3 is 2.42 bits per heavy atom. The van der Waals surface area contributed by atoms with Crippen LogP contribution in [0, 0.1) is 6.92 Å². The average molecular weight is 404 g/mol. The van der Waals surface area contributed by atoms with E-state index in [1.807, 2.05) is 25.1 Å². The van der Waals surface area contributed by atoms with Crippen molar-refractivity contribution in [2.75, 3.05) is 5.32 Å². The van der Waals surface area contributed by atoms with Gasteiger partial charge in [0, 0.05) is 20.2 Å². The maximum atomic E-state index is 12.1. The topological polar surface area (TPSA) is 29.1 Å². The molecule has 0 aliphatic carbocycles. The SMILES string of the molecule is Cc1cc(NC(=O)c2ccc(Br)c(Cl)c2)ccc1Br. The number of carbonyl (C=O) groups is 1. The zero-order chi connectivity index (χ0) is 14.0. The third-order valence-electron chi connectivity index (χ3n) is 2.60. The second-order valence-electron chi connectivity index (χ2n) is 4.05. The molecule has 0 aliphatic rings. The summed E-state index contributed by atoms with van der Waals surface area (Å²) in [5.74, 6) is -0.184. The fourth-order valence-corrected chi connectivity index (χ4v) is 2.24. The Hall–Kier alpha value is -0.840. The number of halogens is 3. The summed E-state index contributed by atoms with van der Waals surface area (Å²) in [7, 11) is 0. The van der Waals surface area contributed by atoms with E-state index in [4.69, 9.17) is 11.6 Å². The Morgan fingerprint density at radius 1 is 1.11 bits per heavy atom. The average Bonchev–Trinajstić information content (AvgIpc) is 2.37. The number of hydrogen-bond acceptors (Lipinski definition) is 1. The zero-order valence-corrected chi connectivity index (χ0v) is 13.9. The van der Waals surface area contributed by atoms with Gasteiger partial charge in [0.05, 0.1) is 5.02 Å². The molecule has 98 valence electrons. The van der Waals surface area contributed by atoms with Crippen LogP contribution >= 0.6 is 43.5 Å². The Labute approximate surface area is 133 Å². The predicted octanol–water partition coefficient (Wildman–Crippen LogP) is 5.43. The van der Waals surface area contributed by atoms with Gasteiger partial charge >= 0.3 is 0 Å². The first kappa shape index (κ1) is 14.6. The van der Waals surface area contributed by atoms with Crippen LogP contribution in [0.25, 0.3) is 0 Å². The Kier molecular flexibility index (Phi) is 4.66. The van der Waals surface area contributed by atoms with Crippen molar-refractivity contribution in [1.82, 2.24) is 0 Å². The molecular formula is C14H10Br2ClNO. The van der Waals surface area contributed by atoms with Crippen LogP contribution in [-0.2, 0) is 0 Å². The first-order valence-electron chi connectivity index (χ1n) is 5.50. The molecule has 0 spiro atoms. The summed E-state index contributed by atoms with van der Waals surface area (Å²) < 4.78 is 1.78. The van der Waals surface area contributed by atoms with Crippen LogP contribution in [0.3, 0.4) is 0 Å². The molecule has 2 nitrogen and oxygen atoms in total. The van der Waals surface area contributed by atoms with Gasteiger partial charge in [0.25, 0.3) is 5.91 Å². The summed E-state index contributed by atoms with van der Waals surface area (Å²) in [6, 6.07) is 10.8. The molecule has 5 heteroatoms. The van der Waals surface area contributed by atoms with E-state index < -0.39 is 0 Å². The predicted molar refractivity (Wildman–Crippen MR) is 86.0 cm³/mol. The number of hydrogen-bond donors (Lipinski definition) is 1. The van der Waals surface area contributed by atoms with Gasteiger partial charge in [0.1, 0.15) is 0 Å². The van der Waals surface area contributed by atoms with Gasteiger partial charge in [0.2, 0.25) is 0 Å². The van der Waals surface area contributed by atoms with E-state index in [1.165, 1.54) is 0 Å². The summed E-state index contributed by atoms with van der Waals surface area (Å²) in [4.78, 5) is 12.1. The molecule has 2 rings (SSSR count). The molecule has 0 saturated heterocycles. The second-order valence-corrected chi connectivity index (χ2v) is 6.16. The van der Waals surface area contributed by atoms with Crippen LogP contribution < -0.4 is 5.32 Å². The van der Waals surface area contributed by atoms with Crippen molar-refractivity contribution >= 4 is 55.1 Å². The second kappa shape index (κ2) is 6.07. The molecule has 0 aliphatic heterocycles. The van der Waals surface area contributed by atoms with Crippen LogP contribution in [0.2, 0.25) is 5.02 Å². The Morgan fingerprint density at radius 2 is 1.79 bits per heavy atom. The van der Waals surface area contributed by atoms with Crippen molar-refractivity contribution in [3.05, 3.63) is 61.5 Å². The number of benzene rings is 2. The third kappa shape index (κ3) is 3.59. The van der Waals surface area contributed by atoms with E-state index in [2.05, 4.69) is 37.2 Å². The lowest BCUT2D eigenvalue weighted by Crippen LogP contribution is -2.11. The highest BCUT2D eigenvalue weighted by molar-refractivity contribution is 9.10. The van der Waals surface area contributed by atoms with E-state index in [9.17, 15) is 4.79 Å². The lowest BCUT2D eigenvalue weighted by atomic mass is 10.2. The minimum atomic E-state index is -0.184. The molecule has 19 heavy (non-hydrogen) atoms. The van der Waals surface area contributed by atoms with Gasteiger partial charge in [0.15, 0.2) is 0 Å². The molecule has 0 aromatic heterocycles. The quantitative estimate of drug-likeness (QED) is 0.712. The van der Waals surface area contributed by atoms with Crippen LogP contribution in [-0.4, -0.2) is 5.91 Å². The summed E-state index contributed by atoms with van der Waals surface area (Å²) in [5, 5.41) is 3.35. The number of rotatable bonds is 2. The summed E-state index contributed by atoms with van der Waals surface area (Å²) in [6.45, 7) is 1.97. The molecule has 0 radical (unpaired) electrons. The molecule has 0 bridgehead atoms. The lowest BCUT2D eigenvalue weighted by molar-refractivity contribution is 0.102. The van der Waals surface area contributed by atoms with E-state index in [0.717, 1.165) is 20.2 Å². The van der Waals surface area contributed by atoms with Crippen LogP contribution in [0.1, 0.15) is 15.9 Å². The fraction of sp³-hybridized carbons (Fsp3) is 0.0714. The molecule has 0 atom stereocenters. The van der Waals surface area contributed by atoms with E-state index in [0.29, 0.717) is 10.6 Å². The summed E-state index contributed by atoms with van der Waals surface area (Å²) >= 11 is 12.7. The normalized spacial score (nSPS) is 10.3. The maximum absolute atomic E-state index is 12.1. The van der Waals surface area contributed by atoms with Gasteiger partial charge in [-0.3, -0.25) is 4.79 Å². The molecule has 2 aromatic rings. The van der Waals surface area contributed by atoms with Gasteiger partial charge in [-0.25, -0.2) is 0 Å². The van der Waals surface area contributed by atoms with E-state index in [1.54, 1.807) is 18.2 Å². The minimum Gasteiger partial charge on any atom is -0.322 e. The van der Waals surface area contributed by atoms with Crippen LogP contribution in [0.5, 0.6) is 0 Å². The van der Waals surface area contributed by atoms with Crippen molar-refractivity contribution in [2.24, 2.45) is 0 Å².